The molecule has 0 heterocycles. The molecule has 0 saturated heterocycles. The average Bonchev–Trinajstić information content (AvgIpc) is 2.16. The molecule has 0 aliphatic rings. The average molecular weight is 161 g/mol. The van der Waals surface area contributed by atoms with E-state index in [1.165, 1.54) is 5.69 Å². The molecule has 0 bridgehead atoms. The van der Waals surface area contributed by atoms with E-state index in [-0.39, 0.29) is 0 Å². The molecule has 0 fully saturated rings. The number of anilines is 1. The minimum atomic E-state index is 0.519. The van der Waals surface area contributed by atoms with Gasteiger partial charge in [-0.25, -0.2) is 0 Å². The van der Waals surface area contributed by atoms with Gasteiger partial charge in [-0.2, -0.15) is 0 Å². The van der Waals surface area contributed by atoms with Crippen molar-refractivity contribution >= 4 is 5.69 Å². The summed E-state index contributed by atoms with van der Waals surface area (Å²) in [5, 5.41) is 3.32. The normalized spacial score (nSPS) is 12.1. The number of benzene rings is 1. The van der Waals surface area contributed by atoms with Crippen molar-refractivity contribution in [3.63, 3.8) is 0 Å². The first-order valence-electron chi connectivity index (χ1n) is 4.24. The van der Waals surface area contributed by atoms with Crippen molar-refractivity contribution in [1.82, 2.24) is 0 Å². The third-order valence-electron chi connectivity index (χ3n) is 1.80. The van der Waals surface area contributed by atoms with Gasteiger partial charge in [0.15, 0.2) is 0 Å². The summed E-state index contributed by atoms with van der Waals surface area (Å²) < 4.78 is 0. The SMILES string of the molecule is C=CC(C)CNc1ccccc1. The molecule has 0 aliphatic heterocycles. The smallest absolute Gasteiger partial charge is 0.0340 e. The van der Waals surface area contributed by atoms with Crippen LogP contribution in [0.4, 0.5) is 5.69 Å². The van der Waals surface area contributed by atoms with Gasteiger partial charge in [0.25, 0.3) is 0 Å². The molecule has 0 spiro atoms. The maximum absolute atomic E-state index is 3.73. The summed E-state index contributed by atoms with van der Waals surface area (Å²) in [4.78, 5) is 0. The molecule has 1 rings (SSSR count). The highest BCUT2D eigenvalue weighted by molar-refractivity contribution is 5.42. The van der Waals surface area contributed by atoms with Crippen LogP contribution in [0.25, 0.3) is 0 Å². The zero-order chi connectivity index (χ0) is 8.81. The number of rotatable bonds is 4. The summed E-state index contributed by atoms with van der Waals surface area (Å²) in [6, 6.07) is 10.2. The zero-order valence-corrected chi connectivity index (χ0v) is 7.46. The Kier molecular flexibility index (Phi) is 3.39. The van der Waals surface area contributed by atoms with Crippen LogP contribution in [-0.2, 0) is 0 Å². The summed E-state index contributed by atoms with van der Waals surface area (Å²) in [5.41, 5.74) is 1.17. The van der Waals surface area contributed by atoms with Gasteiger partial charge in [-0.3, -0.25) is 0 Å². The largest absolute Gasteiger partial charge is 0.384 e. The van der Waals surface area contributed by atoms with Crippen LogP contribution in [-0.4, -0.2) is 6.54 Å². The van der Waals surface area contributed by atoms with Crippen LogP contribution in [0.3, 0.4) is 0 Å². The van der Waals surface area contributed by atoms with Crippen molar-refractivity contribution in [1.29, 1.82) is 0 Å². The van der Waals surface area contributed by atoms with Gasteiger partial charge in [-0.05, 0) is 18.1 Å². The Morgan fingerprint density at radius 3 is 2.67 bits per heavy atom. The molecule has 1 N–H and O–H groups in total. The topological polar surface area (TPSA) is 12.0 Å². The summed E-state index contributed by atoms with van der Waals surface area (Å²) in [6.45, 7) is 6.83. The minimum Gasteiger partial charge on any atom is -0.384 e. The fourth-order valence-corrected chi connectivity index (χ4v) is 0.918. The van der Waals surface area contributed by atoms with Crippen LogP contribution < -0.4 is 5.32 Å². The molecule has 1 aromatic carbocycles. The molecule has 0 radical (unpaired) electrons. The third-order valence-corrected chi connectivity index (χ3v) is 1.80. The Labute approximate surface area is 74.1 Å². The van der Waals surface area contributed by atoms with E-state index in [9.17, 15) is 0 Å². The first kappa shape index (κ1) is 8.85. The fourth-order valence-electron chi connectivity index (χ4n) is 0.918. The Morgan fingerprint density at radius 1 is 1.42 bits per heavy atom. The van der Waals surface area contributed by atoms with Crippen molar-refractivity contribution in [2.45, 2.75) is 6.92 Å². The summed E-state index contributed by atoms with van der Waals surface area (Å²) in [6.07, 6.45) is 1.95. The second-order valence-electron chi connectivity index (χ2n) is 2.96. The first-order chi connectivity index (χ1) is 5.83. The number of hydrogen-bond donors (Lipinski definition) is 1. The Morgan fingerprint density at radius 2 is 2.08 bits per heavy atom. The molecular formula is C11H15N. The highest BCUT2D eigenvalue weighted by atomic mass is 14.9. The maximum atomic E-state index is 3.73. The van der Waals surface area contributed by atoms with E-state index < -0.39 is 0 Å². The van der Waals surface area contributed by atoms with E-state index in [0.29, 0.717) is 5.92 Å². The Bertz CT molecular complexity index is 228. The fraction of sp³-hybridized carbons (Fsp3) is 0.273. The van der Waals surface area contributed by atoms with Gasteiger partial charge in [0.05, 0.1) is 0 Å². The maximum Gasteiger partial charge on any atom is 0.0340 e. The number of hydrogen-bond acceptors (Lipinski definition) is 1. The van der Waals surface area contributed by atoms with E-state index in [2.05, 4.69) is 31.0 Å². The van der Waals surface area contributed by atoms with Crippen molar-refractivity contribution in [2.75, 3.05) is 11.9 Å². The molecule has 12 heavy (non-hydrogen) atoms. The van der Waals surface area contributed by atoms with Gasteiger partial charge < -0.3 is 5.32 Å². The van der Waals surface area contributed by atoms with E-state index in [4.69, 9.17) is 0 Å². The number of nitrogens with one attached hydrogen (secondary N) is 1. The lowest BCUT2D eigenvalue weighted by atomic mass is 10.2. The standard InChI is InChI=1S/C11H15N/c1-3-10(2)9-12-11-7-5-4-6-8-11/h3-8,10,12H,1,9H2,2H3. The van der Waals surface area contributed by atoms with E-state index in [0.717, 1.165) is 6.54 Å². The summed E-state index contributed by atoms with van der Waals surface area (Å²) in [7, 11) is 0. The monoisotopic (exact) mass is 161 g/mol. The van der Waals surface area contributed by atoms with Gasteiger partial charge in [-0.1, -0.05) is 31.2 Å². The van der Waals surface area contributed by atoms with E-state index >= 15 is 0 Å². The Balaban J connectivity index is 2.38. The van der Waals surface area contributed by atoms with Gasteiger partial charge in [0, 0.05) is 12.2 Å². The van der Waals surface area contributed by atoms with Crippen LogP contribution in [0.2, 0.25) is 0 Å². The second-order valence-corrected chi connectivity index (χ2v) is 2.96. The van der Waals surface area contributed by atoms with Crippen LogP contribution in [0, 0.1) is 5.92 Å². The lowest BCUT2D eigenvalue weighted by Gasteiger charge is -2.08. The van der Waals surface area contributed by atoms with E-state index in [1.54, 1.807) is 0 Å². The minimum absolute atomic E-state index is 0.519. The lowest BCUT2D eigenvalue weighted by molar-refractivity contribution is 0.773. The molecule has 64 valence electrons. The molecule has 0 aromatic heterocycles. The summed E-state index contributed by atoms with van der Waals surface area (Å²) >= 11 is 0. The van der Waals surface area contributed by atoms with Crippen LogP contribution >= 0.6 is 0 Å². The molecule has 1 aromatic rings. The van der Waals surface area contributed by atoms with Gasteiger partial charge in [0.2, 0.25) is 0 Å². The van der Waals surface area contributed by atoms with Gasteiger partial charge in [-0.15, -0.1) is 6.58 Å². The van der Waals surface area contributed by atoms with Crippen LogP contribution in [0.1, 0.15) is 6.92 Å². The molecule has 1 heteroatoms. The number of para-hydroxylation sites is 1. The molecule has 0 aliphatic carbocycles. The van der Waals surface area contributed by atoms with Crippen molar-refractivity contribution in [3.05, 3.63) is 43.0 Å². The predicted molar refractivity (Wildman–Crippen MR) is 54.3 cm³/mol. The first-order valence-corrected chi connectivity index (χ1v) is 4.24. The highest BCUT2D eigenvalue weighted by Gasteiger charge is 1.94. The molecule has 1 nitrogen and oxygen atoms in total. The third kappa shape index (κ3) is 2.79. The van der Waals surface area contributed by atoms with Crippen molar-refractivity contribution < 1.29 is 0 Å². The van der Waals surface area contributed by atoms with Crippen molar-refractivity contribution in [2.24, 2.45) is 5.92 Å². The van der Waals surface area contributed by atoms with Crippen LogP contribution in [0.5, 0.6) is 0 Å². The molecule has 0 amide bonds. The molecule has 1 unspecified atom stereocenters. The Hall–Kier alpha value is -1.24. The molecule has 0 saturated carbocycles. The van der Waals surface area contributed by atoms with Gasteiger partial charge in [0.1, 0.15) is 0 Å². The van der Waals surface area contributed by atoms with Gasteiger partial charge >= 0.3 is 0 Å². The molecule has 1 atom stereocenters. The predicted octanol–water partition coefficient (Wildman–Crippen LogP) is 2.92. The zero-order valence-electron chi connectivity index (χ0n) is 7.46. The second kappa shape index (κ2) is 4.60. The summed E-state index contributed by atoms with van der Waals surface area (Å²) in [5.74, 6) is 0.519. The van der Waals surface area contributed by atoms with E-state index in [1.807, 2.05) is 24.3 Å². The van der Waals surface area contributed by atoms with Crippen LogP contribution in [0.15, 0.2) is 43.0 Å². The highest BCUT2D eigenvalue weighted by Crippen LogP contribution is 2.06. The quantitative estimate of drug-likeness (QED) is 0.669. The molecular weight excluding hydrogens is 146 g/mol. The lowest BCUT2D eigenvalue weighted by Crippen LogP contribution is -2.08. The van der Waals surface area contributed by atoms with Crippen molar-refractivity contribution in [3.8, 4) is 0 Å².